The van der Waals surface area contributed by atoms with Crippen molar-refractivity contribution in [2.45, 2.75) is 24.3 Å². The summed E-state index contributed by atoms with van der Waals surface area (Å²) < 4.78 is 27.0. The first-order chi connectivity index (χ1) is 8.94. The van der Waals surface area contributed by atoms with Gasteiger partial charge >= 0.3 is 0 Å². The number of nitrogens with one attached hydrogen (secondary N) is 1. The quantitative estimate of drug-likeness (QED) is 0.875. The van der Waals surface area contributed by atoms with Gasteiger partial charge in [-0.05, 0) is 30.9 Å². The van der Waals surface area contributed by atoms with Crippen molar-refractivity contribution in [3.63, 3.8) is 0 Å². The minimum absolute atomic E-state index is 0.0797. The average Bonchev–Trinajstić information content (AvgIpc) is 2.37. The molecule has 0 spiro atoms. The highest BCUT2D eigenvalue weighted by molar-refractivity contribution is 7.98. The summed E-state index contributed by atoms with van der Waals surface area (Å²) in [5, 5.41) is 8.91. The van der Waals surface area contributed by atoms with Crippen LogP contribution in [-0.2, 0) is 10.0 Å². The third-order valence-electron chi connectivity index (χ3n) is 2.55. The Hall–Kier alpha value is -0.740. The number of halogens is 1. The fourth-order valence-electron chi connectivity index (χ4n) is 1.48. The molecule has 19 heavy (non-hydrogen) atoms. The highest BCUT2D eigenvalue weighted by Crippen LogP contribution is 2.20. The van der Waals surface area contributed by atoms with Gasteiger partial charge in [-0.2, -0.15) is 17.0 Å². The van der Waals surface area contributed by atoms with Crippen LogP contribution in [0.15, 0.2) is 23.1 Å². The molecular formula is C12H15ClN2O2S2. The lowest BCUT2D eigenvalue weighted by Gasteiger charge is -2.16. The number of sulfonamides is 1. The van der Waals surface area contributed by atoms with E-state index in [1.54, 1.807) is 11.8 Å². The van der Waals surface area contributed by atoms with E-state index < -0.39 is 10.0 Å². The van der Waals surface area contributed by atoms with Crippen LogP contribution in [0, 0.1) is 11.3 Å². The predicted molar refractivity (Wildman–Crippen MR) is 78.9 cm³/mol. The maximum atomic E-state index is 12.2. The summed E-state index contributed by atoms with van der Waals surface area (Å²) in [6.45, 7) is 1.93. The molecule has 104 valence electrons. The summed E-state index contributed by atoms with van der Waals surface area (Å²) in [6, 6.07) is 5.88. The first kappa shape index (κ1) is 16.3. The minimum atomic E-state index is -3.60. The zero-order valence-electron chi connectivity index (χ0n) is 10.7. The molecule has 0 aromatic heterocycles. The molecule has 0 aliphatic rings. The minimum Gasteiger partial charge on any atom is -0.207 e. The highest BCUT2D eigenvalue weighted by atomic mass is 35.5. The third kappa shape index (κ3) is 4.39. The summed E-state index contributed by atoms with van der Waals surface area (Å²) in [5.74, 6) is 0.708. The van der Waals surface area contributed by atoms with Crippen LogP contribution in [0.1, 0.15) is 18.9 Å². The van der Waals surface area contributed by atoms with Crippen LogP contribution in [0.2, 0.25) is 5.02 Å². The first-order valence-corrected chi connectivity index (χ1v) is 8.91. The van der Waals surface area contributed by atoms with E-state index in [1.165, 1.54) is 18.2 Å². The summed E-state index contributed by atoms with van der Waals surface area (Å²) >= 11 is 7.43. The fourth-order valence-corrected chi connectivity index (χ4v) is 3.94. The van der Waals surface area contributed by atoms with E-state index in [2.05, 4.69) is 4.72 Å². The zero-order chi connectivity index (χ0) is 14.5. The molecule has 0 fully saturated rings. The predicted octanol–water partition coefficient (Wildman–Crippen LogP) is 2.63. The van der Waals surface area contributed by atoms with E-state index in [1.807, 2.05) is 19.2 Å². The van der Waals surface area contributed by atoms with Gasteiger partial charge in [-0.15, -0.1) is 0 Å². The molecule has 1 aromatic carbocycles. The lowest BCUT2D eigenvalue weighted by Crippen LogP contribution is -2.36. The van der Waals surface area contributed by atoms with E-state index in [4.69, 9.17) is 16.9 Å². The van der Waals surface area contributed by atoms with Gasteiger partial charge in [0.2, 0.25) is 10.0 Å². The Labute approximate surface area is 123 Å². The highest BCUT2D eigenvalue weighted by Gasteiger charge is 2.19. The number of rotatable bonds is 6. The van der Waals surface area contributed by atoms with E-state index >= 15 is 0 Å². The van der Waals surface area contributed by atoms with Gasteiger partial charge in [0.1, 0.15) is 6.07 Å². The van der Waals surface area contributed by atoms with E-state index in [-0.39, 0.29) is 21.5 Å². The molecule has 1 aromatic rings. The molecule has 1 rings (SSSR count). The molecule has 7 heteroatoms. The van der Waals surface area contributed by atoms with Gasteiger partial charge in [-0.3, -0.25) is 0 Å². The first-order valence-electron chi connectivity index (χ1n) is 5.65. The summed E-state index contributed by atoms with van der Waals surface area (Å²) in [4.78, 5) is 0.0797. The smallest absolute Gasteiger partial charge is 0.207 e. The summed E-state index contributed by atoms with van der Waals surface area (Å²) in [5.41, 5.74) is 0.261. The molecule has 0 saturated heterocycles. The maximum Gasteiger partial charge on any atom is 0.240 e. The number of thioether (sulfide) groups is 1. The van der Waals surface area contributed by atoms with Gasteiger partial charge < -0.3 is 0 Å². The maximum absolute atomic E-state index is 12.2. The van der Waals surface area contributed by atoms with Crippen LogP contribution in [0.3, 0.4) is 0 Å². The molecule has 0 radical (unpaired) electrons. The summed E-state index contributed by atoms with van der Waals surface area (Å²) in [7, 11) is -3.60. The van der Waals surface area contributed by atoms with Crippen molar-refractivity contribution in [3.8, 4) is 6.07 Å². The van der Waals surface area contributed by atoms with Crippen molar-refractivity contribution >= 4 is 33.4 Å². The number of hydrogen-bond acceptors (Lipinski definition) is 4. The van der Waals surface area contributed by atoms with Crippen LogP contribution >= 0.6 is 23.4 Å². The normalized spacial score (nSPS) is 12.9. The van der Waals surface area contributed by atoms with Crippen LogP contribution in [0.4, 0.5) is 0 Å². The monoisotopic (exact) mass is 318 g/mol. The lowest BCUT2D eigenvalue weighted by molar-refractivity contribution is 0.558. The van der Waals surface area contributed by atoms with Crippen molar-refractivity contribution in [2.24, 2.45) is 0 Å². The van der Waals surface area contributed by atoms with E-state index in [0.717, 1.165) is 0 Å². The number of nitrogens with zero attached hydrogens (tertiary/aromatic N) is 1. The zero-order valence-corrected chi connectivity index (χ0v) is 13.1. The van der Waals surface area contributed by atoms with Crippen molar-refractivity contribution in [3.05, 3.63) is 28.8 Å². The second kappa shape index (κ2) is 7.15. The van der Waals surface area contributed by atoms with Crippen molar-refractivity contribution in [1.29, 1.82) is 5.26 Å². The Morgan fingerprint density at radius 3 is 2.68 bits per heavy atom. The van der Waals surface area contributed by atoms with Crippen LogP contribution in [0.5, 0.6) is 0 Å². The molecule has 4 nitrogen and oxygen atoms in total. The molecular weight excluding hydrogens is 304 g/mol. The molecule has 1 unspecified atom stereocenters. The Balaban J connectivity index is 3.01. The topological polar surface area (TPSA) is 70.0 Å². The average molecular weight is 319 g/mol. The lowest BCUT2D eigenvalue weighted by atomic mass is 10.2. The SMILES string of the molecule is CCC(CSC)NS(=O)(=O)c1ccc(C#N)c(Cl)c1. The van der Waals surface area contributed by atoms with Crippen LogP contribution in [0.25, 0.3) is 0 Å². The van der Waals surface area contributed by atoms with Gasteiger partial charge in [0.25, 0.3) is 0 Å². The molecule has 0 heterocycles. The van der Waals surface area contributed by atoms with Gasteiger partial charge in [0.15, 0.2) is 0 Å². The Bertz CT molecular complexity index is 582. The number of nitriles is 1. The molecule has 0 bridgehead atoms. The fraction of sp³-hybridized carbons (Fsp3) is 0.417. The second-order valence-electron chi connectivity index (χ2n) is 3.94. The standard InChI is InChI=1S/C12H15ClN2O2S2/c1-3-10(8-18-2)15-19(16,17)11-5-4-9(7-14)12(13)6-11/h4-6,10,15H,3,8H2,1-2H3. The molecule has 0 saturated carbocycles. The van der Waals surface area contributed by atoms with E-state index in [0.29, 0.717) is 12.2 Å². The van der Waals surface area contributed by atoms with Crippen molar-refractivity contribution < 1.29 is 8.42 Å². The molecule has 0 aliphatic carbocycles. The number of benzene rings is 1. The van der Waals surface area contributed by atoms with Crippen molar-refractivity contribution in [1.82, 2.24) is 4.72 Å². The second-order valence-corrected chi connectivity index (χ2v) is 6.97. The van der Waals surface area contributed by atoms with Crippen LogP contribution < -0.4 is 4.72 Å². The Kier molecular flexibility index (Phi) is 6.14. The van der Waals surface area contributed by atoms with Gasteiger partial charge in [0.05, 0.1) is 15.5 Å². The summed E-state index contributed by atoms with van der Waals surface area (Å²) in [6.07, 6.45) is 2.64. The third-order valence-corrected chi connectivity index (χ3v) is 5.12. The molecule has 1 N–H and O–H groups in total. The molecule has 1 atom stereocenters. The van der Waals surface area contributed by atoms with Gasteiger partial charge in [-0.25, -0.2) is 13.1 Å². The van der Waals surface area contributed by atoms with E-state index in [9.17, 15) is 8.42 Å². The Morgan fingerprint density at radius 1 is 1.53 bits per heavy atom. The molecule has 0 amide bonds. The van der Waals surface area contributed by atoms with Gasteiger partial charge in [0, 0.05) is 11.8 Å². The van der Waals surface area contributed by atoms with Crippen molar-refractivity contribution in [2.75, 3.05) is 12.0 Å². The number of hydrogen-bond donors (Lipinski definition) is 1. The molecule has 0 aliphatic heterocycles. The van der Waals surface area contributed by atoms with Crippen LogP contribution in [-0.4, -0.2) is 26.5 Å². The Morgan fingerprint density at radius 2 is 2.21 bits per heavy atom. The van der Waals surface area contributed by atoms with Gasteiger partial charge in [-0.1, -0.05) is 18.5 Å². The largest absolute Gasteiger partial charge is 0.240 e.